The average Bonchev–Trinajstić information content (AvgIpc) is 2.83. The fraction of sp³-hybridized carbons (Fsp3) is 0.444. The smallest absolute Gasteiger partial charge is 0.297 e. The molecule has 4 nitrogen and oxygen atoms in total. The first-order valence-corrected chi connectivity index (χ1v) is 10.3. The van der Waals surface area contributed by atoms with Gasteiger partial charge in [0.15, 0.2) is 5.76 Å². The summed E-state index contributed by atoms with van der Waals surface area (Å²) in [6.45, 7) is 2.93. The van der Waals surface area contributed by atoms with Crippen molar-refractivity contribution in [2.45, 2.75) is 25.7 Å². The second-order valence-electron chi connectivity index (χ2n) is 6.40. The maximum absolute atomic E-state index is 12.5. The molecular formula is C18H19IN2O2S. The first-order chi connectivity index (χ1) is 11.7. The van der Waals surface area contributed by atoms with E-state index in [9.17, 15) is 4.79 Å². The van der Waals surface area contributed by atoms with Gasteiger partial charge in [0, 0.05) is 29.7 Å². The molecule has 0 bridgehead atoms. The van der Waals surface area contributed by atoms with Crippen LogP contribution in [-0.2, 0) is 22.4 Å². The van der Waals surface area contributed by atoms with E-state index in [2.05, 4.69) is 39.6 Å². The Labute approximate surface area is 161 Å². The number of amides is 1. The molecule has 3 heterocycles. The monoisotopic (exact) mass is 454 g/mol. The number of nitrogens with zero attached hydrogens (tertiary/aromatic N) is 2. The minimum Gasteiger partial charge on any atom is -0.426 e. The van der Waals surface area contributed by atoms with Crippen LogP contribution in [0.25, 0.3) is 6.08 Å². The molecule has 126 valence electrons. The molecule has 1 fully saturated rings. The predicted octanol–water partition coefficient (Wildman–Crippen LogP) is 3.31. The summed E-state index contributed by atoms with van der Waals surface area (Å²) in [7, 11) is 0. The average molecular weight is 454 g/mol. The number of benzene rings is 1. The Kier molecular flexibility index (Phi) is 4.51. The summed E-state index contributed by atoms with van der Waals surface area (Å²) in [6.07, 6.45) is 6.49. The van der Waals surface area contributed by atoms with Crippen molar-refractivity contribution in [2.24, 2.45) is 0 Å². The van der Waals surface area contributed by atoms with Gasteiger partial charge in [-0.15, -0.1) is 0 Å². The van der Waals surface area contributed by atoms with Gasteiger partial charge in [-0.25, -0.2) is 0 Å². The van der Waals surface area contributed by atoms with Gasteiger partial charge in [-0.2, -0.15) is 0 Å². The number of alkyl halides is 1. The van der Waals surface area contributed by atoms with E-state index in [-0.39, 0.29) is 11.1 Å². The lowest BCUT2D eigenvalue weighted by molar-refractivity contribution is -0.122. The lowest BCUT2D eigenvalue weighted by Gasteiger charge is -2.37. The van der Waals surface area contributed by atoms with Crippen LogP contribution in [0.1, 0.15) is 29.5 Å². The molecule has 0 aromatic heterocycles. The minimum atomic E-state index is -0.121. The van der Waals surface area contributed by atoms with Crippen LogP contribution in [0.5, 0.6) is 0 Å². The lowest BCUT2D eigenvalue weighted by atomic mass is 9.90. The second kappa shape index (κ2) is 6.63. The van der Waals surface area contributed by atoms with E-state index in [0.717, 1.165) is 22.8 Å². The number of hydrogen-bond donors (Lipinski definition) is 0. The summed E-state index contributed by atoms with van der Waals surface area (Å²) < 4.78 is 6.38. The number of carbonyl (C=O) groups is 1. The number of anilines is 1. The van der Waals surface area contributed by atoms with E-state index in [1.54, 1.807) is 0 Å². The molecule has 24 heavy (non-hydrogen) atoms. The van der Waals surface area contributed by atoms with Gasteiger partial charge < -0.3 is 9.64 Å². The van der Waals surface area contributed by atoms with Crippen LogP contribution in [0.4, 0.5) is 5.69 Å². The van der Waals surface area contributed by atoms with Crippen molar-refractivity contribution in [1.82, 2.24) is 4.90 Å². The van der Waals surface area contributed by atoms with Gasteiger partial charge in [-0.1, -0.05) is 22.6 Å². The molecule has 3 aliphatic rings. The Bertz CT molecular complexity index is 716. The Morgan fingerprint density at radius 3 is 2.50 bits per heavy atom. The molecule has 6 heteroatoms. The van der Waals surface area contributed by atoms with Crippen molar-refractivity contribution in [3.05, 3.63) is 34.6 Å². The van der Waals surface area contributed by atoms with Gasteiger partial charge in [0.1, 0.15) is 0 Å². The quantitative estimate of drug-likeness (QED) is 0.304. The van der Waals surface area contributed by atoms with Crippen molar-refractivity contribution < 1.29 is 9.53 Å². The maximum Gasteiger partial charge on any atom is 0.297 e. The Hall–Kier alpha value is -1.15. The number of carbonyl (C=O) groups excluding carboxylic acids is 1. The SMILES string of the molecule is O=C1/C(=C\c2cc3c4c(c2)CCCN4CCC3)OC(=S)N1CCI. The van der Waals surface area contributed by atoms with Crippen molar-refractivity contribution in [1.29, 1.82) is 0 Å². The maximum atomic E-state index is 12.5. The normalized spacial score (nSPS) is 21.3. The first-order valence-electron chi connectivity index (χ1n) is 8.39. The Morgan fingerprint density at radius 1 is 1.21 bits per heavy atom. The van der Waals surface area contributed by atoms with Gasteiger partial charge in [0.2, 0.25) is 0 Å². The highest BCUT2D eigenvalue weighted by atomic mass is 127. The highest BCUT2D eigenvalue weighted by Gasteiger charge is 2.33. The highest BCUT2D eigenvalue weighted by Crippen LogP contribution is 2.36. The summed E-state index contributed by atoms with van der Waals surface area (Å²) in [5.74, 6) is 0.227. The lowest BCUT2D eigenvalue weighted by Crippen LogP contribution is -2.34. The molecule has 0 atom stereocenters. The fourth-order valence-electron chi connectivity index (χ4n) is 3.84. The number of rotatable bonds is 3. The third-order valence-corrected chi connectivity index (χ3v) is 5.62. The summed E-state index contributed by atoms with van der Waals surface area (Å²) >= 11 is 7.41. The van der Waals surface area contributed by atoms with Crippen molar-refractivity contribution in [3.8, 4) is 0 Å². The molecule has 1 amide bonds. The van der Waals surface area contributed by atoms with Crippen LogP contribution in [0, 0.1) is 0 Å². The summed E-state index contributed by atoms with van der Waals surface area (Å²) in [6, 6.07) is 4.42. The zero-order valence-electron chi connectivity index (χ0n) is 13.4. The first kappa shape index (κ1) is 16.3. The molecule has 4 rings (SSSR count). The van der Waals surface area contributed by atoms with Crippen molar-refractivity contribution in [3.63, 3.8) is 0 Å². The number of hydrogen-bond acceptors (Lipinski definition) is 4. The number of ether oxygens (including phenoxy) is 1. The van der Waals surface area contributed by atoms with E-state index in [1.165, 1.54) is 47.6 Å². The fourth-order valence-corrected chi connectivity index (χ4v) is 4.59. The highest BCUT2D eigenvalue weighted by molar-refractivity contribution is 14.1. The van der Waals surface area contributed by atoms with Crippen LogP contribution >= 0.6 is 34.8 Å². The Morgan fingerprint density at radius 2 is 1.88 bits per heavy atom. The van der Waals surface area contributed by atoms with Crippen molar-refractivity contribution in [2.75, 3.05) is 29.0 Å². The van der Waals surface area contributed by atoms with Gasteiger partial charge in [0.05, 0.1) is 0 Å². The predicted molar refractivity (Wildman–Crippen MR) is 108 cm³/mol. The summed E-state index contributed by atoms with van der Waals surface area (Å²) in [4.78, 5) is 16.5. The third kappa shape index (κ3) is 2.83. The van der Waals surface area contributed by atoms with Crippen LogP contribution in [0.2, 0.25) is 0 Å². The van der Waals surface area contributed by atoms with Gasteiger partial charge in [0.25, 0.3) is 11.1 Å². The number of thiocarbonyl (C=S) groups is 1. The zero-order chi connectivity index (χ0) is 16.7. The Balaban J connectivity index is 1.69. The van der Waals surface area contributed by atoms with Gasteiger partial charge >= 0.3 is 0 Å². The van der Waals surface area contributed by atoms with Gasteiger partial charge in [-0.3, -0.25) is 9.69 Å². The zero-order valence-corrected chi connectivity index (χ0v) is 16.4. The number of halogens is 1. The molecule has 3 aliphatic heterocycles. The van der Waals surface area contributed by atoms with E-state index >= 15 is 0 Å². The van der Waals surface area contributed by atoms with E-state index < -0.39 is 0 Å². The molecule has 0 radical (unpaired) electrons. The van der Waals surface area contributed by atoms with Gasteiger partial charge in [-0.05, 0) is 72.8 Å². The minimum absolute atomic E-state index is 0.121. The largest absolute Gasteiger partial charge is 0.426 e. The van der Waals surface area contributed by atoms with Crippen LogP contribution in [-0.4, -0.2) is 40.0 Å². The van der Waals surface area contributed by atoms with E-state index in [0.29, 0.717) is 12.3 Å². The number of aryl methyl sites for hydroxylation is 2. The van der Waals surface area contributed by atoms with Crippen molar-refractivity contribution >= 4 is 57.7 Å². The summed E-state index contributed by atoms with van der Waals surface area (Å²) in [5.41, 5.74) is 5.30. The molecule has 0 unspecified atom stereocenters. The standard InChI is InChI=1S/C18H19IN2O2S/c19-5-8-21-17(22)15(23-18(21)24)11-12-9-13-3-1-6-20-7-2-4-14(10-12)16(13)20/h9-11H,1-8H2/b15-11+. The molecule has 1 aromatic carbocycles. The molecular weight excluding hydrogens is 435 g/mol. The molecule has 1 aromatic rings. The molecule has 0 saturated carbocycles. The van der Waals surface area contributed by atoms with Crippen LogP contribution < -0.4 is 4.90 Å². The third-order valence-electron chi connectivity index (χ3n) is 4.83. The molecule has 0 spiro atoms. The molecule has 0 aliphatic carbocycles. The summed E-state index contributed by atoms with van der Waals surface area (Å²) in [5, 5.41) is 0.272. The molecule has 0 N–H and O–H groups in total. The second-order valence-corrected chi connectivity index (χ2v) is 7.83. The van der Waals surface area contributed by atoms with E-state index in [1.807, 2.05) is 6.08 Å². The van der Waals surface area contributed by atoms with Crippen LogP contribution in [0.3, 0.4) is 0 Å². The van der Waals surface area contributed by atoms with E-state index in [4.69, 9.17) is 17.0 Å². The van der Waals surface area contributed by atoms with Crippen LogP contribution in [0.15, 0.2) is 17.9 Å². The molecule has 1 saturated heterocycles. The topological polar surface area (TPSA) is 32.8 Å².